The Morgan fingerprint density at radius 3 is 2.19 bits per heavy atom. The summed E-state index contributed by atoms with van der Waals surface area (Å²) in [6.45, 7) is 8.62. The highest BCUT2D eigenvalue weighted by molar-refractivity contribution is 6.32. The fourth-order valence-electron chi connectivity index (χ4n) is 6.00. The van der Waals surface area contributed by atoms with Gasteiger partial charge in [0.05, 0.1) is 24.9 Å². The number of nitrogens with zero attached hydrogens (tertiary/aromatic N) is 3. The van der Waals surface area contributed by atoms with E-state index in [4.69, 9.17) is 42.1 Å². The maximum atomic E-state index is 13.3. The number of rotatable bonds is 14. The van der Waals surface area contributed by atoms with Crippen LogP contribution in [0.4, 0.5) is 0 Å². The topological polar surface area (TPSA) is 73.4 Å². The first-order valence-corrected chi connectivity index (χ1v) is 18.3. The molecule has 0 saturated carbocycles. The first-order valence-electron chi connectivity index (χ1n) is 17.6. The van der Waals surface area contributed by atoms with Gasteiger partial charge in [0, 0.05) is 61.9 Å². The number of pyridine rings is 1. The highest BCUT2D eigenvalue weighted by atomic mass is 35.5. The van der Waals surface area contributed by atoms with Crippen molar-refractivity contribution in [1.82, 2.24) is 14.8 Å². The van der Waals surface area contributed by atoms with Crippen LogP contribution in [0.5, 0.6) is 28.9 Å². The monoisotopic (exact) mass is 751 g/mol. The third kappa shape index (κ3) is 10.5. The van der Waals surface area contributed by atoms with Crippen LogP contribution in [0.1, 0.15) is 34.7 Å². The molecule has 5 aromatic rings. The zero-order valence-corrected chi connectivity index (χ0v) is 31.7. The summed E-state index contributed by atoms with van der Waals surface area (Å²) in [5.74, 6) is 3.14. The molecule has 8 nitrogen and oxygen atoms in total. The summed E-state index contributed by atoms with van der Waals surface area (Å²) in [4.78, 5) is 22.0. The average molecular weight is 753 g/mol. The van der Waals surface area contributed by atoms with E-state index in [1.165, 1.54) is 11.1 Å². The van der Waals surface area contributed by atoms with Gasteiger partial charge in [-0.3, -0.25) is 9.69 Å². The number of hydrogen-bond acceptors (Lipinski definition) is 7. The van der Waals surface area contributed by atoms with E-state index in [9.17, 15) is 4.79 Å². The third-order valence-electron chi connectivity index (χ3n) is 9.12. The quantitative estimate of drug-likeness (QED) is 0.105. The number of carbonyl (C=O) groups is 1. The highest BCUT2D eigenvalue weighted by Gasteiger charge is 2.21. The van der Waals surface area contributed by atoms with Crippen LogP contribution >= 0.6 is 23.2 Å². The minimum absolute atomic E-state index is 0.00138. The number of aryl methyl sites for hydroxylation is 1. The zero-order chi connectivity index (χ0) is 37.2. The SMILES string of the molecule is COc1ccc(OCCc2ccc(CN3CCN(C(=O)/C=C(/C)c4cc(C)c(Oc5ccc(OCc6ccccc6Cl)cn5)c(Cl)c4)CC3)cc2)cc1. The number of halogens is 2. The molecule has 4 aromatic carbocycles. The van der Waals surface area contributed by atoms with Crippen molar-refractivity contribution in [1.29, 1.82) is 0 Å². The molecule has 274 valence electrons. The van der Waals surface area contributed by atoms with Crippen LogP contribution in [-0.4, -0.2) is 60.6 Å². The number of allylic oxidation sites excluding steroid dienone is 1. The van der Waals surface area contributed by atoms with Gasteiger partial charge in [0.15, 0.2) is 5.75 Å². The molecular weight excluding hydrogens is 709 g/mol. The Kier molecular flexibility index (Phi) is 12.9. The summed E-state index contributed by atoms with van der Waals surface area (Å²) in [5, 5.41) is 1.09. The van der Waals surface area contributed by atoms with Crippen molar-refractivity contribution in [2.24, 2.45) is 0 Å². The Balaban J connectivity index is 0.952. The summed E-state index contributed by atoms with van der Waals surface area (Å²) in [5.41, 5.74) is 5.91. The summed E-state index contributed by atoms with van der Waals surface area (Å²) >= 11 is 12.9. The van der Waals surface area contributed by atoms with Crippen LogP contribution in [0.2, 0.25) is 10.0 Å². The molecule has 0 radical (unpaired) electrons. The molecule has 1 amide bonds. The van der Waals surface area contributed by atoms with E-state index in [1.807, 2.05) is 79.4 Å². The molecule has 1 saturated heterocycles. The minimum Gasteiger partial charge on any atom is -0.497 e. The minimum atomic E-state index is -0.00138. The van der Waals surface area contributed by atoms with Gasteiger partial charge < -0.3 is 23.8 Å². The van der Waals surface area contributed by atoms with Gasteiger partial charge >= 0.3 is 0 Å². The lowest BCUT2D eigenvalue weighted by atomic mass is 10.0. The maximum Gasteiger partial charge on any atom is 0.246 e. The van der Waals surface area contributed by atoms with Gasteiger partial charge in [0.2, 0.25) is 11.8 Å². The van der Waals surface area contributed by atoms with Crippen LogP contribution < -0.4 is 18.9 Å². The van der Waals surface area contributed by atoms with E-state index in [0.717, 1.165) is 59.8 Å². The molecule has 0 unspecified atom stereocenters. The number of aromatic nitrogens is 1. The Hall–Kier alpha value is -5.02. The number of hydrogen-bond donors (Lipinski definition) is 0. The zero-order valence-electron chi connectivity index (χ0n) is 30.2. The van der Waals surface area contributed by atoms with Crippen molar-refractivity contribution in [3.8, 4) is 28.9 Å². The van der Waals surface area contributed by atoms with Gasteiger partial charge in [-0.05, 0) is 90.2 Å². The van der Waals surface area contributed by atoms with Gasteiger partial charge in [0.1, 0.15) is 23.9 Å². The number of amides is 1. The van der Waals surface area contributed by atoms with Crippen molar-refractivity contribution in [3.05, 3.63) is 147 Å². The molecule has 1 aliphatic heterocycles. The second-order valence-corrected chi connectivity index (χ2v) is 13.8. The standard InChI is InChI=1S/C43H43Cl2N3O5/c1-30(35-24-31(2)43(40(45)26-35)53-41-17-16-38(27-46-41)52-29-34-6-4-5-7-39(34)44)25-42(49)48-21-19-47(20-22-48)28-33-10-8-32(9-11-33)18-23-51-37-14-12-36(50-3)13-15-37/h4-17,24-27H,18-23,28-29H2,1-3H3/b30-25-. The van der Waals surface area contributed by atoms with Crippen LogP contribution in [0.15, 0.2) is 109 Å². The average Bonchev–Trinajstić information content (AvgIpc) is 3.17. The predicted octanol–water partition coefficient (Wildman–Crippen LogP) is 9.45. The number of carbonyl (C=O) groups excluding carboxylic acids is 1. The molecule has 0 N–H and O–H groups in total. The lowest BCUT2D eigenvalue weighted by molar-refractivity contribution is -0.127. The van der Waals surface area contributed by atoms with Crippen LogP contribution in [0.25, 0.3) is 5.57 Å². The molecular formula is C43H43Cl2N3O5. The Bertz CT molecular complexity index is 1990. The normalized spacial score (nSPS) is 13.5. The fraction of sp³-hybridized carbons (Fsp3) is 0.256. The molecule has 0 aliphatic carbocycles. The van der Waals surface area contributed by atoms with Gasteiger partial charge in [-0.2, -0.15) is 0 Å². The summed E-state index contributed by atoms with van der Waals surface area (Å²) in [7, 11) is 1.65. The lowest BCUT2D eigenvalue weighted by Crippen LogP contribution is -2.47. The number of benzene rings is 4. The number of methoxy groups -OCH3 is 1. The molecule has 6 rings (SSSR count). The molecule has 10 heteroatoms. The molecule has 1 aliphatic rings. The molecule has 0 bridgehead atoms. The lowest BCUT2D eigenvalue weighted by Gasteiger charge is -2.34. The van der Waals surface area contributed by atoms with E-state index in [0.29, 0.717) is 53.7 Å². The summed E-state index contributed by atoms with van der Waals surface area (Å²) in [6, 6.07) is 31.2. The summed E-state index contributed by atoms with van der Waals surface area (Å²) in [6.07, 6.45) is 4.13. The Morgan fingerprint density at radius 2 is 1.51 bits per heavy atom. The smallest absolute Gasteiger partial charge is 0.246 e. The van der Waals surface area contributed by atoms with Crippen molar-refractivity contribution in [3.63, 3.8) is 0 Å². The van der Waals surface area contributed by atoms with E-state index in [1.54, 1.807) is 31.5 Å². The third-order valence-corrected chi connectivity index (χ3v) is 9.77. The van der Waals surface area contributed by atoms with Gasteiger partial charge in [-0.15, -0.1) is 0 Å². The molecule has 53 heavy (non-hydrogen) atoms. The second kappa shape index (κ2) is 18.1. The van der Waals surface area contributed by atoms with E-state index >= 15 is 0 Å². The Labute approximate surface area is 321 Å². The van der Waals surface area contributed by atoms with Crippen molar-refractivity contribution >= 4 is 34.7 Å². The molecule has 0 atom stereocenters. The number of piperazine rings is 1. The second-order valence-electron chi connectivity index (χ2n) is 12.9. The van der Waals surface area contributed by atoms with Crippen molar-refractivity contribution < 1.29 is 23.7 Å². The van der Waals surface area contributed by atoms with Crippen LogP contribution in [-0.2, 0) is 24.4 Å². The number of ether oxygens (including phenoxy) is 4. The maximum absolute atomic E-state index is 13.3. The largest absolute Gasteiger partial charge is 0.497 e. The summed E-state index contributed by atoms with van der Waals surface area (Å²) < 4.78 is 23.0. The Morgan fingerprint density at radius 1 is 0.811 bits per heavy atom. The van der Waals surface area contributed by atoms with E-state index in [2.05, 4.69) is 34.1 Å². The van der Waals surface area contributed by atoms with Gasteiger partial charge in [-0.25, -0.2) is 4.98 Å². The predicted molar refractivity (Wildman–Crippen MR) is 210 cm³/mol. The van der Waals surface area contributed by atoms with Crippen molar-refractivity contribution in [2.75, 3.05) is 39.9 Å². The van der Waals surface area contributed by atoms with Crippen LogP contribution in [0, 0.1) is 6.92 Å². The highest BCUT2D eigenvalue weighted by Crippen LogP contribution is 2.35. The molecule has 1 fully saturated rings. The molecule has 2 heterocycles. The molecule has 1 aromatic heterocycles. The van der Waals surface area contributed by atoms with Crippen molar-refractivity contribution in [2.45, 2.75) is 33.4 Å². The first kappa shape index (κ1) is 37.7. The molecule has 0 spiro atoms. The van der Waals surface area contributed by atoms with E-state index < -0.39 is 0 Å². The van der Waals surface area contributed by atoms with E-state index in [-0.39, 0.29) is 5.91 Å². The fourth-order valence-corrected chi connectivity index (χ4v) is 6.49. The van der Waals surface area contributed by atoms with Crippen LogP contribution in [0.3, 0.4) is 0 Å². The first-order chi connectivity index (χ1) is 25.7. The van der Waals surface area contributed by atoms with Gasteiger partial charge in [0.25, 0.3) is 0 Å². The van der Waals surface area contributed by atoms with Gasteiger partial charge in [-0.1, -0.05) is 65.7 Å².